The quantitative estimate of drug-likeness (QED) is 0.712. The SMILES string of the molecule is CCc1csc(-c2ccon2)n1. The molecule has 0 unspecified atom stereocenters. The number of aryl methyl sites for hydroxylation is 1. The van der Waals surface area contributed by atoms with Crippen molar-refractivity contribution in [2.24, 2.45) is 0 Å². The van der Waals surface area contributed by atoms with Crippen molar-refractivity contribution in [2.75, 3.05) is 0 Å². The van der Waals surface area contributed by atoms with Crippen molar-refractivity contribution in [3.63, 3.8) is 0 Å². The molecule has 0 radical (unpaired) electrons. The van der Waals surface area contributed by atoms with E-state index in [0.29, 0.717) is 0 Å². The molecule has 0 saturated heterocycles. The molecule has 0 atom stereocenters. The molecule has 3 nitrogen and oxygen atoms in total. The molecule has 2 aromatic heterocycles. The molecule has 2 aromatic rings. The van der Waals surface area contributed by atoms with E-state index in [9.17, 15) is 0 Å². The Kier molecular flexibility index (Phi) is 1.91. The summed E-state index contributed by atoms with van der Waals surface area (Å²) in [5.74, 6) is 0. The maximum Gasteiger partial charge on any atom is 0.145 e. The first kappa shape index (κ1) is 7.49. The van der Waals surface area contributed by atoms with Gasteiger partial charge in [-0.1, -0.05) is 12.1 Å². The summed E-state index contributed by atoms with van der Waals surface area (Å²) in [6.45, 7) is 2.08. The largest absolute Gasteiger partial charge is 0.364 e. The maximum atomic E-state index is 4.73. The second-order valence-corrected chi connectivity index (χ2v) is 3.24. The van der Waals surface area contributed by atoms with Crippen molar-refractivity contribution >= 4 is 11.3 Å². The summed E-state index contributed by atoms with van der Waals surface area (Å²) < 4.78 is 4.73. The van der Waals surface area contributed by atoms with Gasteiger partial charge in [-0.3, -0.25) is 0 Å². The summed E-state index contributed by atoms with van der Waals surface area (Å²) in [4.78, 5) is 4.37. The van der Waals surface area contributed by atoms with Gasteiger partial charge in [-0.25, -0.2) is 4.98 Å². The van der Waals surface area contributed by atoms with Gasteiger partial charge in [0.2, 0.25) is 0 Å². The fraction of sp³-hybridized carbons (Fsp3) is 0.250. The van der Waals surface area contributed by atoms with Crippen molar-refractivity contribution in [1.29, 1.82) is 0 Å². The Morgan fingerprint density at radius 2 is 2.50 bits per heavy atom. The van der Waals surface area contributed by atoms with Crippen LogP contribution in [0.25, 0.3) is 10.7 Å². The van der Waals surface area contributed by atoms with Crippen LogP contribution in [0, 0.1) is 0 Å². The average Bonchev–Trinajstić information content (AvgIpc) is 2.75. The summed E-state index contributed by atoms with van der Waals surface area (Å²) in [6.07, 6.45) is 2.52. The first-order valence-electron chi connectivity index (χ1n) is 3.75. The topological polar surface area (TPSA) is 38.9 Å². The number of nitrogens with zero attached hydrogens (tertiary/aromatic N) is 2. The van der Waals surface area contributed by atoms with E-state index in [0.717, 1.165) is 22.8 Å². The van der Waals surface area contributed by atoms with Gasteiger partial charge in [0, 0.05) is 11.4 Å². The van der Waals surface area contributed by atoms with Crippen LogP contribution in [0.3, 0.4) is 0 Å². The number of hydrogen-bond acceptors (Lipinski definition) is 4. The molecule has 0 bridgehead atoms. The molecule has 0 N–H and O–H groups in total. The van der Waals surface area contributed by atoms with E-state index in [1.54, 1.807) is 17.6 Å². The van der Waals surface area contributed by atoms with Gasteiger partial charge in [0.05, 0.1) is 5.69 Å². The van der Waals surface area contributed by atoms with Crippen LogP contribution in [0.1, 0.15) is 12.6 Å². The minimum absolute atomic E-state index is 0.819. The zero-order valence-corrected chi connectivity index (χ0v) is 7.47. The molecular formula is C8H8N2OS. The van der Waals surface area contributed by atoms with Gasteiger partial charge in [-0.05, 0) is 6.42 Å². The lowest BCUT2D eigenvalue weighted by Gasteiger charge is -1.84. The molecular weight excluding hydrogens is 172 g/mol. The van der Waals surface area contributed by atoms with Crippen LogP contribution < -0.4 is 0 Å². The second kappa shape index (κ2) is 3.06. The van der Waals surface area contributed by atoms with Crippen LogP contribution in [-0.4, -0.2) is 10.1 Å². The smallest absolute Gasteiger partial charge is 0.145 e. The van der Waals surface area contributed by atoms with Gasteiger partial charge in [-0.15, -0.1) is 11.3 Å². The molecule has 62 valence electrons. The van der Waals surface area contributed by atoms with Gasteiger partial charge >= 0.3 is 0 Å². The normalized spacial score (nSPS) is 10.4. The third-order valence-electron chi connectivity index (χ3n) is 1.57. The highest BCUT2D eigenvalue weighted by molar-refractivity contribution is 7.13. The Labute approximate surface area is 74.0 Å². The molecule has 0 spiro atoms. The minimum Gasteiger partial charge on any atom is -0.364 e. The highest BCUT2D eigenvalue weighted by Crippen LogP contribution is 2.21. The van der Waals surface area contributed by atoms with Crippen LogP contribution >= 0.6 is 11.3 Å². The molecule has 4 heteroatoms. The minimum atomic E-state index is 0.819. The molecule has 2 heterocycles. The number of rotatable bonds is 2. The summed E-state index contributed by atoms with van der Waals surface area (Å²) in [5, 5.41) is 6.78. The first-order valence-corrected chi connectivity index (χ1v) is 4.63. The van der Waals surface area contributed by atoms with E-state index in [4.69, 9.17) is 4.52 Å². The predicted molar refractivity (Wildman–Crippen MR) is 47.0 cm³/mol. The molecule has 0 fully saturated rings. The Morgan fingerprint density at radius 3 is 3.08 bits per heavy atom. The molecule has 0 amide bonds. The Hall–Kier alpha value is -1.16. The van der Waals surface area contributed by atoms with E-state index in [1.165, 1.54) is 0 Å². The lowest BCUT2D eigenvalue weighted by Crippen LogP contribution is -1.79. The molecule has 0 saturated carbocycles. The highest BCUT2D eigenvalue weighted by Gasteiger charge is 2.05. The molecule has 0 aliphatic heterocycles. The van der Waals surface area contributed by atoms with Crippen molar-refractivity contribution in [1.82, 2.24) is 10.1 Å². The molecule has 0 aliphatic rings. The molecule has 2 rings (SSSR count). The predicted octanol–water partition coefficient (Wildman–Crippen LogP) is 2.36. The second-order valence-electron chi connectivity index (χ2n) is 2.38. The van der Waals surface area contributed by atoms with E-state index >= 15 is 0 Å². The van der Waals surface area contributed by atoms with E-state index < -0.39 is 0 Å². The number of thiazole rings is 1. The Morgan fingerprint density at radius 1 is 1.58 bits per heavy atom. The lowest BCUT2D eigenvalue weighted by molar-refractivity contribution is 0.422. The first-order chi connectivity index (χ1) is 5.90. The maximum absolute atomic E-state index is 4.73. The van der Waals surface area contributed by atoms with Gasteiger partial charge < -0.3 is 4.52 Å². The Bertz CT molecular complexity index is 353. The standard InChI is InChI=1S/C8H8N2OS/c1-2-6-5-12-8(9-6)7-3-4-11-10-7/h3-5H,2H2,1H3. The summed E-state index contributed by atoms with van der Waals surface area (Å²) in [7, 11) is 0. The van der Waals surface area contributed by atoms with Crippen molar-refractivity contribution < 1.29 is 4.52 Å². The van der Waals surface area contributed by atoms with Gasteiger partial charge in [-0.2, -0.15) is 0 Å². The van der Waals surface area contributed by atoms with E-state index in [2.05, 4.69) is 17.1 Å². The monoisotopic (exact) mass is 180 g/mol. The van der Waals surface area contributed by atoms with Gasteiger partial charge in [0.25, 0.3) is 0 Å². The fourth-order valence-corrected chi connectivity index (χ4v) is 1.77. The zero-order valence-electron chi connectivity index (χ0n) is 6.65. The van der Waals surface area contributed by atoms with Crippen LogP contribution in [-0.2, 0) is 6.42 Å². The molecule has 0 aliphatic carbocycles. The molecule has 12 heavy (non-hydrogen) atoms. The summed E-state index contributed by atoms with van der Waals surface area (Å²) in [5.41, 5.74) is 1.93. The average molecular weight is 180 g/mol. The molecule has 0 aromatic carbocycles. The van der Waals surface area contributed by atoms with Crippen LogP contribution in [0.4, 0.5) is 0 Å². The highest BCUT2D eigenvalue weighted by atomic mass is 32.1. The van der Waals surface area contributed by atoms with Crippen LogP contribution in [0.2, 0.25) is 0 Å². The van der Waals surface area contributed by atoms with Crippen molar-refractivity contribution in [3.8, 4) is 10.7 Å². The van der Waals surface area contributed by atoms with Gasteiger partial charge in [0.15, 0.2) is 0 Å². The van der Waals surface area contributed by atoms with Crippen LogP contribution in [0.15, 0.2) is 22.2 Å². The zero-order chi connectivity index (χ0) is 8.39. The van der Waals surface area contributed by atoms with E-state index in [-0.39, 0.29) is 0 Å². The van der Waals surface area contributed by atoms with E-state index in [1.807, 2.05) is 11.4 Å². The number of aromatic nitrogens is 2. The van der Waals surface area contributed by atoms with Crippen LogP contribution in [0.5, 0.6) is 0 Å². The Balaban J connectivity index is 2.35. The van der Waals surface area contributed by atoms with Gasteiger partial charge in [0.1, 0.15) is 17.0 Å². The third kappa shape index (κ3) is 1.25. The summed E-state index contributed by atoms with van der Waals surface area (Å²) in [6, 6.07) is 1.82. The van der Waals surface area contributed by atoms with Crippen molar-refractivity contribution in [2.45, 2.75) is 13.3 Å². The number of hydrogen-bond donors (Lipinski definition) is 0. The van der Waals surface area contributed by atoms with Crippen molar-refractivity contribution in [3.05, 3.63) is 23.4 Å². The lowest BCUT2D eigenvalue weighted by atomic mass is 10.4. The summed E-state index contributed by atoms with van der Waals surface area (Å²) >= 11 is 1.60. The fourth-order valence-electron chi connectivity index (χ4n) is 0.910. The third-order valence-corrected chi connectivity index (χ3v) is 2.48.